The summed E-state index contributed by atoms with van der Waals surface area (Å²) in [6.45, 7) is 1.55. The number of hydrogen-bond acceptors (Lipinski definition) is 6. The molecule has 2 aliphatic rings. The number of fused-ring (bicyclic) bond motifs is 2. The Balaban J connectivity index is 1.39. The van der Waals surface area contributed by atoms with Crippen molar-refractivity contribution < 1.29 is 19.1 Å². The number of anilines is 2. The summed E-state index contributed by atoms with van der Waals surface area (Å²) in [7, 11) is 6.05. The summed E-state index contributed by atoms with van der Waals surface area (Å²) in [6.07, 6.45) is 2.19. The highest BCUT2D eigenvalue weighted by molar-refractivity contribution is 6.39. The lowest BCUT2D eigenvalue weighted by Gasteiger charge is -2.30. The third-order valence-corrected chi connectivity index (χ3v) is 5.76. The van der Waals surface area contributed by atoms with E-state index in [4.69, 9.17) is 9.47 Å². The lowest BCUT2D eigenvalue weighted by Crippen LogP contribution is -2.40. The zero-order chi connectivity index (χ0) is 22.0. The van der Waals surface area contributed by atoms with E-state index in [1.54, 1.807) is 18.2 Å². The maximum atomic E-state index is 12.4. The van der Waals surface area contributed by atoms with Gasteiger partial charge in [0.15, 0.2) is 11.5 Å². The zero-order valence-electron chi connectivity index (χ0n) is 18.1. The number of aryl methyl sites for hydroxylation is 1. The van der Waals surface area contributed by atoms with Gasteiger partial charge in [0.25, 0.3) is 0 Å². The Morgan fingerprint density at radius 2 is 1.90 bits per heavy atom. The Bertz CT molecular complexity index is 992. The first-order chi connectivity index (χ1) is 14.9. The van der Waals surface area contributed by atoms with Crippen LogP contribution in [0.2, 0.25) is 0 Å². The summed E-state index contributed by atoms with van der Waals surface area (Å²) < 4.78 is 10.6. The van der Waals surface area contributed by atoms with Crippen molar-refractivity contribution in [1.29, 1.82) is 0 Å². The molecule has 0 bridgehead atoms. The van der Waals surface area contributed by atoms with Crippen LogP contribution in [0.15, 0.2) is 36.4 Å². The van der Waals surface area contributed by atoms with Crippen molar-refractivity contribution in [2.45, 2.75) is 18.9 Å². The molecule has 31 heavy (non-hydrogen) atoms. The first-order valence-corrected chi connectivity index (χ1v) is 10.4. The van der Waals surface area contributed by atoms with Crippen molar-refractivity contribution in [1.82, 2.24) is 10.2 Å². The molecule has 0 unspecified atom stereocenters. The average Bonchev–Trinajstić information content (AvgIpc) is 3.21. The smallest absolute Gasteiger partial charge is 0.313 e. The summed E-state index contributed by atoms with van der Waals surface area (Å²) >= 11 is 0. The molecule has 2 aliphatic heterocycles. The van der Waals surface area contributed by atoms with Crippen molar-refractivity contribution in [3.63, 3.8) is 0 Å². The molecule has 1 atom stereocenters. The molecule has 0 spiro atoms. The molecular formula is C23H28N4O4. The fourth-order valence-electron chi connectivity index (χ4n) is 4.04. The number of ether oxygens (including phenoxy) is 2. The van der Waals surface area contributed by atoms with Crippen LogP contribution in [0, 0.1) is 0 Å². The summed E-state index contributed by atoms with van der Waals surface area (Å²) in [5.74, 6) is -0.234. The van der Waals surface area contributed by atoms with Crippen LogP contribution in [0.1, 0.15) is 23.6 Å². The van der Waals surface area contributed by atoms with Gasteiger partial charge in [-0.3, -0.25) is 9.59 Å². The van der Waals surface area contributed by atoms with Crippen molar-refractivity contribution in [3.8, 4) is 11.5 Å². The quantitative estimate of drug-likeness (QED) is 0.716. The van der Waals surface area contributed by atoms with E-state index in [1.165, 1.54) is 11.3 Å². The molecule has 2 aromatic rings. The minimum absolute atomic E-state index is 0.0418. The maximum absolute atomic E-state index is 12.4. The number of nitrogens with zero attached hydrogens (tertiary/aromatic N) is 2. The molecule has 2 heterocycles. The van der Waals surface area contributed by atoms with Crippen molar-refractivity contribution in [3.05, 3.63) is 47.5 Å². The molecule has 0 radical (unpaired) electrons. The van der Waals surface area contributed by atoms with Gasteiger partial charge < -0.3 is 29.9 Å². The van der Waals surface area contributed by atoms with Gasteiger partial charge in [-0.2, -0.15) is 0 Å². The van der Waals surface area contributed by atoms with Gasteiger partial charge in [-0.05, 0) is 56.3 Å². The molecular weight excluding hydrogens is 396 g/mol. The van der Waals surface area contributed by atoms with Gasteiger partial charge in [-0.15, -0.1) is 0 Å². The number of carbonyl (C=O) groups excluding carboxylic acids is 2. The molecule has 0 saturated heterocycles. The minimum Gasteiger partial charge on any atom is -0.454 e. The predicted molar refractivity (Wildman–Crippen MR) is 119 cm³/mol. The number of hydrogen-bond donors (Lipinski definition) is 2. The van der Waals surface area contributed by atoms with E-state index in [-0.39, 0.29) is 12.8 Å². The normalized spacial score (nSPS) is 15.4. The number of benzene rings is 2. The second-order valence-corrected chi connectivity index (χ2v) is 8.12. The van der Waals surface area contributed by atoms with Crippen LogP contribution in [-0.2, 0) is 16.0 Å². The van der Waals surface area contributed by atoms with Crippen LogP contribution in [0.4, 0.5) is 11.4 Å². The topological polar surface area (TPSA) is 83.1 Å². The third-order valence-electron chi connectivity index (χ3n) is 5.76. The number of likely N-dealkylation sites (N-methyl/N-ethyl adjacent to an activating group) is 1. The van der Waals surface area contributed by atoms with E-state index in [9.17, 15) is 9.59 Å². The first-order valence-electron chi connectivity index (χ1n) is 10.4. The Kier molecular flexibility index (Phi) is 5.99. The van der Waals surface area contributed by atoms with E-state index < -0.39 is 11.8 Å². The summed E-state index contributed by atoms with van der Waals surface area (Å²) in [6, 6.07) is 11.4. The van der Waals surface area contributed by atoms with Crippen LogP contribution in [0.3, 0.4) is 0 Å². The molecule has 164 valence electrons. The van der Waals surface area contributed by atoms with Crippen LogP contribution in [-0.4, -0.2) is 57.7 Å². The highest BCUT2D eigenvalue weighted by Gasteiger charge is 2.22. The molecule has 0 fully saturated rings. The first kappa shape index (κ1) is 21.0. The Hall–Kier alpha value is -3.26. The van der Waals surface area contributed by atoms with Gasteiger partial charge >= 0.3 is 11.8 Å². The zero-order valence-corrected chi connectivity index (χ0v) is 18.1. The molecule has 4 rings (SSSR count). The average molecular weight is 425 g/mol. The van der Waals surface area contributed by atoms with Crippen LogP contribution < -0.4 is 25.0 Å². The van der Waals surface area contributed by atoms with Crippen molar-refractivity contribution in [2.75, 3.05) is 51.2 Å². The van der Waals surface area contributed by atoms with Crippen LogP contribution >= 0.6 is 0 Å². The summed E-state index contributed by atoms with van der Waals surface area (Å²) in [5, 5.41) is 5.37. The largest absolute Gasteiger partial charge is 0.454 e. The maximum Gasteiger partial charge on any atom is 0.313 e. The molecule has 0 aromatic heterocycles. The number of amides is 2. The monoisotopic (exact) mass is 424 g/mol. The molecule has 0 aliphatic carbocycles. The molecule has 8 nitrogen and oxygen atoms in total. The predicted octanol–water partition coefficient (Wildman–Crippen LogP) is 2.16. The van der Waals surface area contributed by atoms with Crippen LogP contribution in [0.25, 0.3) is 0 Å². The SMILES string of the molecule is CN1CCCc2cc([C@@H](CNC(=O)C(=O)Nc3ccc4c(c3)OCO4)N(C)C)ccc21. The Morgan fingerprint density at radius 3 is 2.71 bits per heavy atom. The molecule has 0 saturated carbocycles. The van der Waals surface area contributed by atoms with Crippen LogP contribution in [0.5, 0.6) is 11.5 Å². The van der Waals surface area contributed by atoms with Crippen molar-refractivity contribution >= 4 is 23.2 Å². The minimum atomic E-state index is -0.719. The third kappa shape index (κ3) is 4.59. The van der Waals surface area contributed by atoms with Gasteiger partial charge in [-0.25, -0.2) is 0 Å². The fourth-order valence-corrected chi connectivity index (χ4v) is 4.04. The standard InChI is InChI=1S/C23H28N4O4/c1-26(2)19(16-6-8-18-15(11-16)5-4-10-27(18)3)13-24-22(28)23(29)25-17-7-9-20-21(12-17)31-14-30-20/h6-9,11-12,19H,4-5,10,13-14H2,1-3H3,(H,24,28)(H,25,29)/t19-/m1/s1. The highest BCUT2D eigenvalue weighted by atomic mass is 16.7. The van der Waals surface area contributed by atoms with E-state index in [1.807, 2.05) is 19.0 Å². The van der Waals surface area contributed by atoms with Gasteiger partial charge in [0.1, 0.15) is 0 Å². The lowest BCUT2D eigenvalue weighted by molar-refractivity contribution is -0.136. The highest BCUT2D eigenvalue weighted by Crippen LogP contribution is 2.34. The van der Waals surface area contributed by atoms with Gasteiger partial charge in [0.2, 0.25) is 6.79 Å². The number of rotatable bonds is 5. The fraction of sp³-hybridized carbons (Fsp3) is 0.391. The van der Waals surface area contributed by atoms with E-state index in [0.29, 0.717) is 23.7 Å². The molecule has 2 amide bonds. The molecule has 2 N–H and O–H groups in total. The van der Waals surface area contributed by atoms with E-state index in [0.717, 1.165) is 24.9 Å². The van der Waals surface area contributed by atoms with Gasteiger partial charge in [-0.1, -0.05) is 12.1 Å². The van der Waals surface area contributed by atoms with Gasteiger partial charge in [0.05, 0.1) is 6.04 Å². The summed E-state index contributed by atoms with van der Waals surface area (Å²) in [4.78, 5) is 29.1. The number of nitrogens with one attached hydrogen (secondary N) is 2. The van der Waals surface area contributed by atoms with E-state index >= 15 is 0 Å². The Labute approximate surface area is 182 Å². The number of carbonyl (C=O) groups is 2. The molecule has 8 heteroatoms. The second-order valence-electron chi connectivity index (χ2n) is 8.12. The summed E-state index contributed by atoms with van der Waals surface area (Å²) in [5.41, 5.74) is 4.19. The second kappa shape index (κ2) is 8.85. The van der Waals surface area contributed by atoms with Crippen molar-refractivity contribution in [2.24, 2.45) is 0 Å². The lowest BCUT2D eigenvalue weighted by atomic mass is 9.96. The van der Waals surface area contributed by atoms with E-state index in [2.05, 4.69) is 40.8 Å². The van der Waals surface area contributed by atoms with Gasteiger partial charge in [0, 0.05) is 37.6 Å². The molecule has 2 aromatic carbocycles. The Morgan fingerprint density at radius 1 is 1.10 bits per heavy atom.